The highest BCUT2D eigenvalue weighted by molar-refractivity contribution is 7.99. The summed E-state index contributed by atoms with van der Waals surface area (Å²) in [5, 5.41) is 12.1. The van der Waals surface area contributed by atoms with E-state index >= 15 is 0 Å². The first-order chi connectivity index (χ1) is 11.2. The van der Waals surface area contributed by atoms with Crippen molar-refractivity contribution in [3.8, 4) is 0 Å². The maximum absolute atomic E-state index is 11.7. The Balaban J connectivity index is 1.94. The van der Waals surface area contributed by atoms with Crippen LogP contribution in [0.5, 0.6) is 0 Å². The molecule has 0 bridgehead atoms. The molecule has 0 aliphatic carbocycles. The van der Waals surface area contributed by atoms with Crippen LogP contribution in [0, 0.1) is 0 Å². The van der Waals surface area contributed by atoms with Crippen LogP contribution in [0.4, 0.5) is 0 Å². The Hall–Kier alpha value is -1.86. The zero-order chi connectivity index (χ0) is 16.5. The maximum Gasteiger partial charge on any atom is 0.230 e. The number of ether oxygens (including phenoxy) is 1. The minimum atomic E-state index is -0.0256. The smallest absolute Gasteiger partial charge is 0.230 e. The van der Waals surface area contributed by atoms with Crippen molar-refractivity contribution < 1.29 is 9.53 Å². The number of hydrogen-bond acceptors (Lipinski definition) is 5. The van der Waals surface area contributed by atoms with Crippen molar-refractivity contribution in [3.63, 3.8) is 0 Å². The van der Waals surface area contributed by atoms with E-state index in [0.29, 0.717) is 18.9 Å². The van der Waals surface area contributed by atoms with Gasteiger partial charge in [0.1, 0.15) is 5.82 Å². The number of benzene rings is 1. The van der Waals surface area contributed by atoms with Crippen LogP contribution < -0.4 is 5.32 Å². The molecule has 2 aromatic rings. The normalized spacial score (nSPS) is 10.7. The number of aromatic nitrogens is 3. The molecule has 1 aromatic carbocycles. The van der Waals surface area contributed by atoms with Crippen molar-refractivity contribution in [2.75, 3.05) is 26.0 Å². The molecule has 0 aliphatic heterocycles. The molecule has 1 aromatic heterocycles. The lowest BCUT2D eigenvalue weighted by molar-refractivity contribution is -0.118. The van der Waals surface area contributed by atoms with Crippen molar-refractivity contribution in [3.05, 3.63) is 41.7 Å². The van der Waals surface area contributed by atoms with E-state index in [1.165, 1.54) is 17.3 Å². The van der Waals surface area contributed by atoms with Gasteiger partial charge in [-0.3, -0.25) is 4.79 Å². The van der Waals surface area contributed by atoms with Crippen molar-refractivity contribution in [2.45, 2.75) is 25.0 Å². The molecular formula is C16H22N4O2S. The fourth-order valence-electron chi connectivity index (χ4n) is 2.13. The summed E-state index contributed by atoms with van der Waals surface area (Å²) in [6.07, 6.45) is 0.738. The molecule has 0 unspecified atom stereocenters. The van der Waals surface area contributed by atoms with Gasteiger partial charge >= 0.3 is 0 Å². The minimum Gasteiger partial charge on any atom is -0.383 e. The predicted molar refractivity (Wildman–Crippen MR) is 90.6 cm³/mol. The van der Waals surface area contributed by atoms with E-state index in [1.54, 1.807) is 7.11 Å². The Morgan fingerprint density at radius 1 is 1.30 bits per heavy atom. The second-order valence-corrected chi connectivity index (χ2v) is 5.88. The van der Waals surface area contributed by atoms with Crippen molar-refractivity contribution in [1.82, 2.24) is 20.1 Å². The molecule has 1 amide bonds. The zero-order valence-corrected chi connectivity index (χ0v) is 14.3. The molecule has 0 spiro atoms. The Morgan fingerprint density at radius 2 is 2.09 bits per heavy atom. The molecule has 0 fully saturated rings. The van der Waals surface area contributed by atoms with Crippen molar-refractivity contribution in [1.29, 1.82) is 0 Å². The Kier molecular flexibility index (Phi) is 7.09. The summed E-state index contributed by atoms with van der Waals surface area (Å²) >= 11 is 1.41. The molecule has 124 valence electrons. The van der Waals surface area contributed by atoms with E-state index in [0.717, 1.165) is 23.9 Å². The fourth-order valence-corrected chi connectivity index (χ4v) is 2.98. The number of hydrogen-bond donors (Lipinski definition) is 1. The Labute approximate surface area is 140 Å². The predicted octanol–water partition coefficient (Wildman–Crippen LogP) is 1.74. The molecular weight excluding hydrogens is 312 g/mol. The minimum absolute atomic E-state index is 0.0256. The van der Waals surface area contributed by atoms with Crippen molar-refractivity contribution in [2.24, 2.45) is 0 Å². The van der Waals surface area contributed by atoms with Crippen LogP contribution >= 0.6 is 11.8 Å². The lowest BCUT2D eigenvalue weighted by Crippen LogP contribution is -2.28. The first kappa shape index (κ1) is 17.5. The third-order valence-corrected chi connectivity index (χ3v) is 4.24. The third kappa shape index (κ3) is 5.37. The summed E-state index contributed by atoms with van der Waals surface area (Å²) in [6.45, 7) is 3.88. The SMILES string of the molecule is CCn1c(Cc2ccccc2)nnc1SCC(=O)NCCOC. The summed E-state index contributed by atoms with van der Waals surface area (Å²) in [5.74, 6) is 1.22. The van der Waals surface area contributed by atoms with Crippen LogP contribution in [0.15, 0.2) is 35.5 Å². The largest absolute Gasteiger partial charge is 0.383 e. The lowest BCUT2D eigenvalue weighted by Gasteiger charge is -2.07. The van der Waals surface area contributed by atoms with Crippen molar-refractivity contribution >= 4 is 17.7 Å². The maximum atomic E-state index is 11.7. The number of carbonyl (C=O) groups excluding carboxylic acids is 1. The Morgan fingerprint density at radius 3 is 2.78 bits per heavy atom. The number of carbonyl (C=O) groups is 1. The van der Waals surface area contributed by atoms with E-state index in [1.807, 2.05) is 18.2 Å². The van der Waals surface area contributed by atoms with E-state index < -0.39 is 0 Å². The standard InChI is InChI=1S/C16H22N4O2S/c1-3-20-14(11-13-7-5-4-6-8-13)18-19-16(20)23-12-15(21)17-9-10-22-2/h4-8H,3,9-12H2,1-2H3,(H,17,21). The molecule has 0 atom stereocenters. The summed E-state index contributed by atoms with van der Waals surface area (Å²) in [4.78, 5) is 11.7. The number of nitrogens with one attached hydrogen (secondary N) is 1. The van der Waals surface area contributed by atoms with Gasteiger partial charge in [0, 0.05) is 26.6 Å². The molecule has 0 saturated carbocycles. The van der Waals surface area contributed by atoms with Gasteiger partial charge in [0.05, 0.1) is 12.4 Å². The quantitative estimate of drug-likeness (QED) is 0.559. The molecule has 1 N–H and O–H groups in total. The van der Waals surface area contributed by atoms with Crippen LogP contribution in [0.25, 0.3) is 0 Å². The molecule has 1 heterocycles. The number of thioether (sulfide) groups is 1. The van der Waals surface area contributed by atoms with Gasteiger partial charge in [0.2, 0.25) is 5.91 Å². The van der Waals surface area contributed by atoms with E-state index in [4.69, 9.17) is 4.74 Å². The van der Waals surface area contributed by atoms with Gasteiger partial charge in [-0.25, -0.2) is 0 Å². The number of nitrogens with zero attached hydrogens (tertiary/aromatic N) is 3. The van der Waals surface area contributed by atoms with Gasteiger partial charge in [-0.05, 0) is 12.5 Å². The molecule has 0 aliphatic rings. The molecule has 0 radical (unpaired) electrons. The van der Waals surface area contributed by atoms with Crippen LogP contribution in [0.2, 0.25) is 0 Å². The summed E-state index contributed by atoms with van der Waals surface area (Å²) in [6, 6.07) is 10.2. The molecule has 6 nitrogen and oxygen atoms in total. The first-order valence-corrected chi connectivity index (χ1v) is 8.57. The van der Waals surface area contributed by atoms with Crippen LogP contribution in [0.1, 0.15) is 18.3 Å². The van der Waals surface area contributed by atoms with Gasteiger partial charge in [-0.2, -0.15) is 0 Å². The van der Waals surface area contributed by atoms with Gasteiger partial charge in [-0.1, -0.05) is 42.1 Å². The van der Waals surface area contributed by atoms with E-state index in [-0.39, 0.29) is 5.91 Å². The fraction of sp³-hybridized carbons (Fsp3) is 0.438. The zero-order valence-electron chi connectivity index (χ0n) is 13.5. The number of methoxy groups -OCH3 is 1. The molecule has 7 heteroatoms. The van der Waals surface area contributed by atoms with Gasteiger partial charge in [0.25, 0.3) is 0 Å². The second kappa shape index (κ2) is 9.32. The molecule has 0 saturated heterocycles. The highest BCUT2D eigenvalue weighted by atomic mass is 32.2. The monoisotopic (exact) mass is 334 g/mol. The summed E-state index contributed by atoms with van der Waals surface area (Å²) < 4.78 is 6.96. The van der Waals surface area contributed by atoms with E-state index in [2.05, 4.69) is 39.1 Å². The van der Waals surface area contributed by atoms with Gasteiger partial charge < -0.3 is 14.6 Å². The average molecular weight is 334 g/mol. The average Bonchev–Trinajstić information content (AvgIpc) is 2.96. The summed E-state index contributed by atoms with van der Waals surface area (Å²) in [7, 11) is 1.61. The Bertz CT molecular complexity index is 616. The highest BCUT2D eigenvalue weighted by Crippen LogP contribution is 2.18. The van der Waals surface area contributed by atoms with Crippen LogP contribution in [0.3, 0.4) is 0 Å². The number of rotatable bonds is 9. The summed E-state index contributed by atoms with van der Waals surface area (Å²) in [5.41, 5.74) is 1.20. The topological polar surface area (TPSA) is 69.0 Å². The van der Waals surface area contributed by atoms with E-state index in [9.17, 15) is 4.79 Å². The lowest BCUT2D eigenvalue weighted by atomic mass is 10.1. The van der Waals surface area contributed by atoms with Crippen LogP contribution in [-0.2, 0) is 22.5 Å². The first-order valence-electron chi connectivity index (χ1n) is 7.59. The van der Waals surface area contributed by atoms with Gasteiger partial charge in [0.15, 0.2) is 5.16 Å². The van der Waals surface area contributed by atoms with Crippen LogP contribution in [-0.4, -0.2) is 46.7 Å². The molecule has 2 rings (SSSR count). The second-order valence-electron chi connectivity index (χ2n) is 4.94. The number of amides is 1. The highest BCUT2D eigenvalue weighted by Gasteiger charge is 2.13. The van der Waals surface area contributed by atoms with Gasteiger partial charge in [-0.15, -0.1) is 10.2 Å². The third-order valence-electron chi connectivity index (χ3n) is 3.28. The molecule has 23 heavy (non-hydrogen) atoms.